The van der Waals surface area contributed by atoms with E-state index in [-0.39, 0.29) is 5.91 Å². The van der Waals surface area contributed by atoms with E-state index in [2.05, 4.69) is 20.9 Å². The van der Waals surface area contributed by atoms with Crippen molar-refractivity contribution in [1.82, 2.24) is 4.98 Å². The molecule has 33 heavy (non-hydrogen) atoms. The van der Waals surface area contributed by atoms with E-state index < -0.39 is 10.7 Å². The number of rotatable bonds is 8. The molecule has 9 nitrogen and oxygen atoms in total. The minimum atomic E-state index is -0.689. The Labute approximate surface area is 193 Å². The number of anilines is 3. The van der Waals surface area contributed by atoms with Gasteiger partial charge in [-0.05, 0) is 58.3 Å². The summed E-state index contributed by atoms with van der Waals surface area (Å²) in [5.41, 5.74) is 9.21. The van der Waals surface area contributed by atoms with Gasteiger partial charge in [0.05, 0.1) is 17.4 Å². The minimum absolute atomic E-state index is 0.231. The summed E-state index contributed by atoms with van der Waals surface area (Å²) in [5, 5.41) is 22.4. The summed E-state index contributed by atoms with van der Waals surface area (Å²) in [6.07, 6.45) is 2.88. The lowest BCUT2D eigenvalue weighted by atomic mass is 10.1. The van der Waals surface area contributed by atoms with Gasteiger partial charge in [0.2, 0.25) is 0 Å². The third-order valence-electron chi connectivity index (χ3n) is 4.82. The Morgan fingerprint density at radius 2 is 1.85 bits per heavy atom. The number of pyridine rings is 1. The van der Waals surface area contributed by atoms with E-state index >= 15 is 0 Å². The van der Waals surface area contributed by atoms with Crippen LogP contribution in [0.15, 0.2) is 84.3 Å². The molecule has 1 amide bonds. The van der Waals surface area contributed by atoms with Crippen LogP contribution < -0.4 is 21.7 Å². The molecule has 5 N–H and O–H groups in total. The number of amides is 1. The summed E-state index contributed by atoms with van der Waals surface area (Å²) in [5.74, 6) is -0.727. The van der Waals surface area contributed by atoms with Crippen LogP contribution >= 0.6 is 11.3 Å². The molecule has 0 radical (unpaired) electrons. The largest absolute Gasteiger partial charge is 0.380 e. The zero-order valence-electron chi connectivity index (χ0n) is 17.3. The molecule has 0 spiro atoms. The maximum atomic E-state index is 12.8. The molecule has 0 saturated carbocycles. The molecular weight excluding hydrogens is 440 g/mol. The molecule has 0 aliphatic heterocycles. The fourth-order valence-corrected chi connectivity index (χ4v) is 3.94. The fraction of sp³-hybridized carbons (Fsp3) is 0.0435. The molecule has 0 saturated heterocycles. The number of fused-ring (bicyclic) bond motifs is 1. The first kappa shape index (κ1) is 21.8. The maximum Gasteiger partial charge on any atom is 0.330 e. The lowest BCUT2D eigenvalue weighted by molar-refractivity contribution is -0.426. The first-order valence-corrected chi connectivity index (χ1v) is 10.8. The third-order valence-corrected chi connectivity index (χ3v) is 5.73. The van der Waals surface area contributed by atoms with Crippen molar-refractivity contribution in [3.05, 3.63) is 105 Å². The second-order valence-electron chi connectivity index (χ2n) is 7.01. The number of aromatic nitrogens is 1. The number of nitrogens with zero attached hydrogens (tertiary/aromatic N) is 2. The van der Waals surface area contributed by atoms with Gasteiger partial charge in [0.1, 0.15) is 4.88 Å². The Morgan fingerprint density at radius 1 is 1.09 bits per heavy atom. The van der Waals surface area contributed by atoms with Crippen molar-refractivity contribution < 1.29 is 9.72 Å². The van der Waals surface area contributed by atoms with Gasteiger partial charge in [0.15, 0.2) is 0 Å². The first-order valence-electron chi connectivity index (χ1n) is 9.93. The summed E-state index contributed by atoms with van der Waals surface area (Å²) < 4.78 is 0. The number of nitro groups is 1. The fourth-order valence-electron chi connectivity index (χ4n) is 3.17. The van der Waals surface area contributed by atoms with Gasteiger partial charge in [-0.3, -0.25) is 15.5 Å². The van der Waals surface area contributed by atoms with Crippen LogP contribution in [0.1, 0.15) is 15.2 Å². The highest BCUT2D eigenvalue weighted by atomic mass is 32.1. The van der Waals surface area contributed by atoms with Crippen LogP contribution in [0.2, 0.25) is 0 Å². The van der Waals surface area contributed by atoms with E-state index in [4.69, 9.17) is 5.73 Å². The molecular formula is C23H20N6O3S. The highest BCUT2D eigenvalue weighted by Crippen LogP contribution is 2.26. The molecule has 166 valence electrons. The Morgan fingerprint density at radius 3 is 2.64 bits per heavy atom. The first-order chi connectivity index (χ1) is 16.0. The van der Waals surface area contributed by atoms with Gasteiger partial charge in [-0.1, -0.05) is 18.2 Å². The van der Waals surface area contributed by atoms with Crippen LogP contribution in [-0.2, 0) is 6.54 Å². The number of nitrogens with one attached hydrogen (secondary N) is 3. The standard InChI is InChI=1S/C23H20N6O3S/c24-21(29(31)32)14-26-16-5-7-17(8-6-16)28-23(30)22-20(10-12-33-22)27-13-15-9-11-25-19-4-2-1-3-18(15)19/h1-12,14,26-27H,13,24H2,(H,28,30). The molecule has 2 aromatic carbocycles. The van der Waals surface area contributed by atoms with E-state index in [0.29, 0.717) is 22.8 Å². The molecule has 0 bridgehead atoms. The molecule has 10 heteroatoms. The number of hydrogen-bond donors (Lipinski definition) is 4. The summed E-state index contributed by atoms with van der Waals surface area (Å²) >= 11 is 1.35. The Balaban J connectivity index is 1.40. The highest BCUT2D eigenvalue weighted by Gasteiger charge is 2.14. The van der Waals surface area contributed by atoms with Crippen molar-refractivity contribution in [1.29, 1.82) is 0 Å². The molecule has 4 aromatic rings. The van der Waals surface area contributed by atoms with Crippen LogP contribution in [0.5, 0.6) is 0 Å². The zero-order valence-corrected chi connectivity index (χ0v) is 18.1. The van der Waals surface area contributed by atoms with Crippen LogP contribution in [0.25, 0.3) is 10.9 Å². The predicted octanol–water partition coefficient (Wildman–Crippen LogP) is 4.61. The minimum Gasteiger partial charge on any atom is -0.380 e. The number of carbonyl (C=O) groups is 1. The van der Waals surface area contributed by atoms with Crippen molar-refractivity contribution in [3.63, 3.8) is 0 Å². The van der Waals surface area contributed by atoms with Crippen LogP contribution in [-0.4, -0.2) is 15.8 Å². The quantitative estimate of drug-likeness (QED) is 0.223. The highest BCUT2D eigenvalue weighted by molar-refractivity contribution is 7.12. The van der Waals surface area contributed by atoms with Gasteiger partial charge < -0.3 is 26.1 Å². The molecule has 2 heterocycles. The lowest BCUT2D eigenvalue weighted by Crippen LogP contribution is -2.13. The van der Waals surface area contributed by atoms with Gasteiger partial charge in [-0.2, -0.15) is 0 Å². The average Bonchev–Trinajstić information content (AvgIpc) is 3.31. The monoisotopic (exact) mass is 460 g/mol. The third kappa shape index (κ3) is 5.25. The molecule has 4 rings (SSSR count). The van der Waals surface area contributed by atoms with E-state index in [1.54, 1.807) is 30.5 Å². The topological polar surface area (TPSA) is 135 Å². The van der Waals surface area contributed by atoms with Crippen molar-refractivity contribution in [2.75, 3.05) is 16.0 Å². The lowest BCUT2D eigenvalue weighted by Gasteiger charge is -2.10. The number of thiophene rings is 1. The number of nitrogens with two attached hydrogens (primary N) is 1. The molecule has 0 aliphatic rings. The molecule has 0 fully saturated rings. The second-order valence-corrected chi connectivity index (χ2v) is 7.92. The Kier molecular flexibility index (Phi) is 6.46. The predicted molar refractivity (Wildman–Crippen MR) is 131 cm³/mol. The van der Waals surface area contributed by atoms with E-state index in [9.17, 15) is 14.9 Å². The molecule has 2 aromatic heterocycles. The van der Waals surface area contributed by atoms with E-state index in [0.717, 1.165) is 28.4 Å². The zero-order chi connectivity index (χ0) is 23.2. The summed E-state index contributed by atoms with van der Waals surface area (Å²) in [6, 6.07) is 18.5. The van der Waals surface area contributed by atoms with Crippen molar-refractivity contribution >= 4 is 45.2 Å². The molecule has 0 aliphatic carbocycles. The van der Waals surface area contributed by atoms with Crippen LogP contribution in [0.4, 0.5) is 17.1 Å². The van der Waals surface area contributed by atoms with Crippen molar-refractivity contribution in [2.24, 2.45) is 5.73 Å². The normalized spacial score (nSPS) is 11.2. The van der Waals surface area contributed by atoms with E-state index in [1.165, 1.54) is 11.3 Å². The van der Waals surface area contributed by atoms with Gasteiger partial charge in [0, 0.05) is 29.5 Å². The summed E-state index contributed by atoms with van der Waals surface area (Å²) in [6.45, 7) is 0.557. The average molecular weight is 461 g/mol. The Hall–Kier alpha value is -4.44. The summed E-state index contributed by atoms with van der Waals surface area (Å²) in [4.78, 5) is 27.6. The van der Waals surface area contributed by atoms with Gasteiger partial charge >= 0.3 is 5.82 Å². The van der Waals surface area contributed by atoms with Crippen LogP contribution in [0, 0.1) is 10.1 Å². The maximum absolute atomic E-state index is 12.8. The number of para-hydroxylation sites is 1. The Bertz CT molecular complexity index is 1330. The van der Waals surface area contributed by atoms with Gasteiger partial charge in [-0.25, -0.2) is 0 Å². The number of carbonyl (C=O) groups excluding carboxylic acids is 1. The second kappa shape index (κ2) is 9.79. The van der Waals surface area contributed by atoms with Gasteiger partial charge in [0.25, 0.3) is 5.91 Å². The summed E-state index contributed by atoms with van der Waals surface area (Å²) in [7, 11) is 0. The number of benzene rings is 2. The molecule has 0 unspecified atom stereocenters. The SMILES string of the molecule is NC(=CNc1ccc(NC(=O)c2sccc2NCc2ccnc3ccccc23)cc1)[N+](=O)[O-]. The van der Waals surface area contributed by atoms with E-state index in [1.807, 2.05) is 41.8 Å². The van der Waals surface area contributed by atoms with Gasteiger partial charge in [-0.15, -0.1) is 11.3 Å². The van der Waals surface area contributed by atoms with Crippen LogP contribution in [0.3, 0.4) is 0 Å². The molecule has 0 atom stereocenters. The van der Waals surface area contributed by atoms with Crippen molar-refractivity contribution in [2.45, 2.75) is 6.54 Å². The number of hydrogen-bond acceptors (Lipinski definition) is 8. The van der Waals surface area contributed by atoms with Crippen molar-refractivity contribution in [3.8, 4) is 0 Å². The smallest absolute Gasteiger partial charge is 0.330 e.